The highest BCUT2D eigenvalue weighted by molar-refractivity contribution is 4.48. The number of hydrogen-bond acceptors (Lipinski definition) is 0. The normalized spacial score (nSPS) is 14.4. The number of rotatable bonds is 15. The Morgan fingerprint density at radius 3 is 1.30 bits per heavy atom. The fourth-order valence-corrected chi connectivity index (χ4v) is 3.07. The molecule has 122 valence electrons. The zero-order valence-corrected chi connectivity index (χ0v) is 15.1. The van der Waals surface area contributed by atoms with Gasteiger partial charge in [-0.05, 0) is 32.1 Å². The molecule has 0 saturated heterocycles. The Labute approximate surface area is 129 Å². The van der Waals surface area contributed by atoms with Crippen LogP contribution < -0.4 is 0 Å². The average molecular weight is 285 g/mol. The topological polar surface area (TPSA) is 0 Å². The van der Waals surface area contributed by atoms with Crippen LogP contribution in [-0.4, -0.2) is 31.2 Å². The predicted octanol–water partition coefficient (Wildman–Crippen LogP) is 6.17. The summed E-state index contributed by atoms with van der Waals surface area (Å²) in [7, 11) is 2.51. The van der Waals surface area contributed by atoms with Crippen molar-refractivity contribution in [1.29, 1.82) is 0 Å². The van der Waals surface area contributed by atoms with E-state index in [1.807, 2.05) is 0 Å². The van der Waals surface area contributed by atoms with E-state index in [0.717, 1.165) is 0 Å². The monoisotopic (exact) mass is 284 g/mol. The van der Waals surface area contributed by atoms with Gasteiger partial charge >= 0.3 is 0 Å². The van der Waals surface area contributed by atoms with Crippen molar-refractivity contribution in [1.82, 2.24) is 0 Å². The number of quaternary nitrogens is 1. The zero-order chi connectivity index (χ0) is 15.1. The largest absolute Gasteiger partial charge is 0.326 e. The Hall–Kier alpha value is -0.0400. The van der Waals surface area contributed by atoms with Crippen molar-refractivity contribution in [2.45, 2.75) is 97.8 Å². The van der Waals surface area contributed by atoms with E-state index in [0.29, 0.717) is 0 Å². The van der Waals surface area contributed by atoms with E-state index in [-0.39, 0.29) is 0 Å². The highest BCUT2D eigenvalue weighted by atomic mass is 15.3. The van der Waals surface area contributed by atoms with Gasteiger partial charge in [-0.25, -0.2) is 0 Å². The average Bonchev–Trinajstić information content (AvgIpc) is 2.45. The molecule has 0 saturated carbocycles. The second kappa shape index (κ2) is 13.9. The van der Waals surface area contributed by atoms with Crippen LogP contribution in [0.3, 0.4) is 0 Å². The van der Waals surface area contributed by atoms with Crippen LogP contribution in [0.1, 0.15) is 97.8 Å². The molecule has 0 aromatic carbocycles. The molecule has 0 rings (SSSR count). The molecule has 0 bridgehead atoms. The first-order valence-corrected chi connectivity index (χ1v) is 9.52. The molecule has 1 nitrogen and oxygen atoms in total. The number of unbranched alkanes of at least 4 members (excludes halogenated alkanes) is 9. The van der Waals surface area contributed by atoms with Crippen molar-refractivity contribution in [2.75, 3.05) is 26.7 Å². The first-order chi connectivity index (χ1) is 9.68. The summed E-state index contributed by atoms with van der Waals surface area (Å²) in [5, 5.41) is 0. The zero-order valence-electron chi connectivity index (χ0n) is 15.1. The van der Waals surface area contributed by atoms with E-state index in [4.69, 9.17) is 0 Å². The molecule has 0 aromatic heterocycles. The molecule has 0 spiro atoms. The smallest absolute Gasteiger partial charge is 0.0784 e. The van der Waals surface area contributed by atoms with Gasteiger partial charge in [-0.1, -0.05) is 65.7 Å². The van der Waals surface area contributed by atoms with E-state index in [9.17, 15) is 0 Å². The van der Waals surface area contributed by atoms with Crippen molar-refractivity contribution >= 4 is 0 Å². The van der Waals surface area contributed by atoms with Gasteiger partial charge in [0.25, 0.3) is 0 Å². The van der Waals surface area contributed by atoms with Gasteiger partial charge in [-0.2, -0.15) is 0 Å². The third-order valence-electron chi connectivity index (χ3n) is 4.65. The molecular formula is C19H42N+. The molecule has 0 aromatic rings. The van der Waals surface area contributed by atoms with Gasteiger partial charge in [0.05, 0.1) is 26.7 Å². The molecule has 0 aliphatic carbocycles. The van der Waals surface area contributed by atoms with Crippen molar-refractivity contribution in [3.63, 3.8) is 0 Å². The van der Waals surface area contributed by atoms with Crippen LogP contribution in [-0.2, 0) is 0 Å². The van der Waals surface area contributed by atoms with E-state index in [1.54, 1.807) is 0 Å². The fraction of sp³-hybridized carbons (Fsp3) is 1.00. The molecule has 0 aliphatic rings. The van der Waals surface area contributed by atoms with Gasteiger partial charge in [-0.15, -0.1) is 0 Å². The van der Waals surface area contributed by atoms with Gasteiger partial charge in [0, 0.05) is 0 Å². The summed E-state index contributed by atoms with van der Waals surface area (Å²) in [5.74, 6) is 0. The third-order valence-corrected chi connectivity index (χ3v) is 4.65. The minimum atomic E-state index is 1.34. The van der Waals surface area contributed by atoms with Crippen LogP contribution in [0.25, 0.3) is 0 Å². The van der Waals surface area contributed by atoms with Crippen LogP contribution in [0.15, 0.2) is 0 Å². The van der Waals surface area contributed by atoms with E-state index >= 15 is 0 Å². The summed E-state index contributed by atoms with van der Waals surface area (Å²) in [6, 6.07) is 0. The summed E-state index contributed by atoms with van der Waals surface area (Å²) in [6.07, 6.45) is 17.0. The lowest BCUT2D eigenvalue weighted by Gasteiger charge is -2.35. The predicted molar refractivity (Wildman–Crippen MR) is 93.2 cm³/mol. The van der Waals surface area contributed by atoms with Crippen LogP contribution in [0.2, 0.25) is 0 Å². The van der Waals surface area contributed by atoms with Crippen LogP contribution >= 0.6 is 0 Å². The maximum absolute atomic E-state index is 2.51. The minimum Gasteiger partial charge on any atom is -0.326 e. The summed E-state index contributed by atoms with van der Waals surface area (Å²) in [4.78, 5) is 0. The Morgan fingerprint density at radius 2 is 0.800 bits per heavy atom. The Balaban J connectivity index is 3.85. The molecule has 0 amide bonds. The summed E-state index contributed by atoms with van der Waals surface area (Å²) in [6.45, 7) is 11.2. The lowest BCUT2D eigenvalue weighted by molar-refractivity contribution is -0.910. The maximum Gasteiger partial charge on any atom is 0.0784 e. The molecule has 1 heteroatoms. The van der Waals surface area contributed by atoms with Gasteiger partial charge in [-0.3, -0.25) is 0 Å². The van der Waals surface area contributed by atoms with Gasteiger partial charge < -0.3 is 4.48 Å². The second-order valence-electron chi connectivity index (χ2n) is 6.97. The number of hydrogen-bond donors (Lipinski definition) is 0. The molecule has 0 aliphatic heterocycles. The first kappa shape index (κ1) is 20.0. The van der Waals surface area contributed by atoms with Gasteiger partial charge in [0.1, 0.15) is 0 Å². The Morgan fingerprint density at radius 1 is 0.450 bits per heavy atom. The highest BCUT2D eigenvalue weighted by Crippen LogP contribution is 2.14. The van der Waals surface area contributed by atoms with Gasteiger partial charge in [0.2, 0.25) is 0 Å². The SMILES string of the molecule is CCCCCCCC[N+](C)(CCCC)CCCCCC. The van der Waals surface area contributed by atoms with Crippen LogP contribution in [0, 0.1) is 0 Å². The molecule has 0 N–H and O–H groups in total. The van der Waals surface area contributed by atoms with Crippen molar-refractivity contribution in [2.24, 2.45) is 0 Å². The molecule has 1 unspecified atom stereocenters. The van der Waals surface area contributed by atoms with Crippen molar-refractivity contribution < 1.29 is 4.48 Å². The summed E-state index contributed by atoms with van der Waals surface area (Å²) >= 11 is 0. The van der Waals surface area contributed by atoms with Crippen LogP contribution in [0.4, 0.5) is 0 Å². The summed E-state index contributed by atoms with van der Waals surface area (Å²) in [5.41, 5.74) is 0. The molecule has 0 radical (unpaired) electrons. The molecule has 0 fully saturated rings. The van der Waals surface area contributed by atoms with E-state index in [2.05, 4.69) is 27.8 Å². The van der Waals surface area contributed by atoms with Crippen molar-refractivity contribution in [3.8, 4) is 0 Å². The van der Waals surface area contributed by atoms with Crippen LogP contribution in [0.5, 0.6) is 0 Å². The minimum absolute atomic E-state index is 1.34. The van der Waals surface area contributed by atoms with Crippen molar-refractivity contribution in [3.05, 3.63) is 0 Å². The van der Waals surface area contributed by atoms with E-state index < -0.39 is 0 Å². The Bertz CT molecular complexity index is 190. The van der Waals surface area contributed by atoms with Gasteiger partial charge in [0.15, 0.2) is 0 Å². The quantitative estimate of drug-likeness (QED) is 0.249. The number of nitrogens with zero attached hydrogens (tertiary/aromatic N) is 1. The lowest BCUT2D eigenvalue weighted by atomic mass is 10.1. The van der Waals surface area contributed by atoms with E-state index in [1.165, 1.54) is 101 Å². The molecule has 0 heterocycles. The fourth-order valence-electron chi connectivity index (χ4n) is 3.07. The standard InChI is InChI=1S/C19H42N/c1-5-8-11-13-14-16-19-20(4,17-10-7-3)18-15-12-9-6-2/h5-19H2,1-4H3/q+1. The molecular weight excluding hydrogens is 242 g/mol. The molecule has 1 atom stereocenters. The summed E-state index contributed by atoms with van der Waals surface area (Å²) < 4.78 is 1.34. The maximum atomic E-state index is 2.51. The highest BCUT2D eigenvalue weighted by Gasteiger charge is 2.19. The second-order valence-corrected chi connectivity index (χ2v) is 6.97. The first-order valence-electron chi connectivity index (χ1n) is 9.52. The third kappa shape index (κ3) is 11.8. The lowest BCUT2D eigenvalue weighted by Crippen LogP contribution is -2.46. The Kier molecular flexibility index (Phi) is 13.9. The molecule has 20 heavy (non-hydrogen) atoms.